The zero-order chi connectivity index (χ0) is 13.7. The van der Waals surface area contributed by atoms with E-state index in [0.29, 0.717) is 12.5 Å². The molecule has 0 unspecified atom stereocenters. The summed E-state index contributed by atoms with van der Waals surface area (Å²) >= 11 is 0. The van der Waals surface area contributed by atoms with Crippen molar-refractivity contribution >= 4 is 0 Å². The van der Waals surface area contributed by atoms with Crippen LogP contribution in [0.2, 0.25) is 0 Å². The Morgan fingerprint density at radius 3 is 2.68 bits per heavy atom. The largest absolute Gasteiger partial charge is 0.394 e. The number of benzene rings is 1. The average molecular weight is 263 g/mol. The molecule has 3 heteroatoms. The Balaban J connectivity index is 2.14. The fourth-order valence-electron chi connectivity index (χ4n) is 2.69. The molecule has 1 saturated heterocycles. The Kier molecular flexibility index (Phi) is 5.37. The van der Waals surface area contributed by atoms with Crippen LogP contribution in [0.3, 0.4) is 0 Å². The van der Waals surface area contributed by atoms with Gasteiger partial charge in [0.05, 0.1) is 19.3 Å². The second-order valence-corrected chi connectivity index (χ2v) is 5.67. The van der Waals surface area contributed by atoms with Gasteiger partial charge in [-0.2, -0.15) is 0 Å². The smallest absolute Gasteiger partial charge is 0.100 e. The molecule has 0 spiro atoms. The first kappa shape index (κ1) is 14.5. The van der Waals surface area contributed by atoms with Crippen LogP contribution in [-0.4, -0.2) is 42.4 Å². The van der Waals surface area contributed by atoms with Gasteiger partial charge in [-0.3, -0.25) is 4.90 Å². The molecule has 0 amide bonds. The van der Waals surface area contributed by atoms with E-state index in [-0.39, 0.29) is 18.8 Å². The molecule has 1 heterocycles. The van der Waals surface area contributed by atoms with Crippen molar-refractivity contribution in [2.24, 2.45) is 5.92 Å². The molecule has 1 aromatic carbocycles. The van der Waals surface area contributed by atoms with E-state index in [0.717, 1.165) is 13.1 Å². The molecule has 106 valence electrons. The SMILES string of the molecule is CC(C)CCN1CCO[C@H](CO)[C@H]1c1ccccc1. The van der Waals surface area contributed by atoms with Crippen LogP contribution in [0, 0.1) is 5.92 Å². The molecule has 0 radical (unpaired) electrons. The number of hydrogen-bond donors (Lipinski definition) is 1. The summed E-state index contributed by atoms with van der Waals surface area (Å²) in [5.41, 5.74) is 1.24. The molecule has 1 N–H and O–H groups in total. The molecule has 0 aromatic heterocycles. The molecule has 2 rings (SSSR count). The van der Waals surface area contributed by atoms with Crippen LogP contribution >= 0.6 is 0 Å². The third kappa shape index (κ3) is 3.78. The number of ether oxygens (including phenoxy) is 1. The fourth-order valence-corrected chi connectivity index (χ4v) is 2.69. The van der Waals surface area contributed by atoms with E-state index in [9.17, 15) is 5.11 Å². The Bertz CT molecular complexity index is 366. The lowest BCUT2D eigenvalue weighted by molar-refractivity contribution is -0.0939. The van der Waals surface area contributed by atoms with Crippen LogP contribution < -0.4 is 0 Å². The molecule has 0 bridgehead atoms. The predicted molar refractivity (Wildman–Crippen MR) is 77.0 cm³/mol. The lowest BCUT2D eigenvalue weighted by Gasteiger charge is -2.41. The zero-order valence-corrected chi connectivity index (χ0v) is 12.0. The summed E-state index contributed by atoms with van der Waals surface area (Å²) in [6.07, 6.45) is 1.07. The van der Waals surface area contributed by atoms with E-state index >= 15 is 0 Å². The van der Waals surface area contributed by atoms with Crippen molar-refractivity contribution in [3.63, 3.8) is 0 Å². The van der Waals surface area contributed by atoms with Gasteiger partial charge in [0.2, 0.25) is 0 Å². The van der Waals surface area contributed by atoms with E-state index < -0.39 is 0 Å². The fraction of sp³-hybridized carbons (Fsp3) is 0.625. The number of hydrogen-bond acceptors (Lipinski definition) is 3. The highest BCUT2D eigenvalue weighted by Gasteiger charge is 2.32. The van der Waals surface area contributed by atoms with Gasteiger partial charge in [-0.05, 0) is 24.4 Å². The van der Waals surface area contributed by atoms with Gasteiger partial charge in [-0.15, -0.1) is 0 Å². The number of morpholine rings is 1. The first-order valence-corrected chi connectivity index (χ1v) is 7.24. The van der Waals surface area contributed by atoms with Crippen LogP contribution in [0.15, 0.2) is 30.3 Å². The highest BCUT2D eigenvalue weighted by molar-refractivity contribution is 5.21. The standard InChI is InChI=1S/C16H25NO2/c1-13(2)8-9-17-10-11-19-15(12-18)16(17)14-6-4-3-5-7-14/h3-7,13,15-16,18H,8-12H2,1-2H3/t15-,16-/m1/s1. The van der Waals surface area contributed by atoms with Gasteiger partial charge in [-0.25, -0.2) is 0 Å². The van der Waals surface area contributed by atoms with Crippen LogP contribution in [0.1, 0.15) is 31.9 Å². The summed E-state index contributed by atoms with van der Waals surface area (Å²) in [6.45, 7) is 7.31. The molecular formula is C16H25NO2. The highest BCUT2D eigenvalue weighted by Crippen LogP contribution is 2.29. The molecular weight excluding hydrogens is 238 g/mol. The van der Waals surface area contributed by atoms with Crippen molar-refractivity contribution in [3.05, 3.63) is 35.9 Å². The Morgan fingerprint density at radius 2 is 2.05 bits per heavy atom. The predicted octanol–water partition coefficient (Wildman–Crippen LogP) is 2.47. The second kappa shape index (κ2) is 7.04. The Morgan fingerprint density at radius 1 is 1.32 bits per heavy atom. The van der Waals surface area contributed by atoms with E-state index in [1.54, 1.807) is 0 Å². The minimum atomic E-state index is -0.108. The Labute approximate surface area is 116 Å². The van der Waals surface area contributed by atoms with E-state index in [1.165, 1.54) is 12.0 Å². The second-order valence-electron chi connectivity index (χ2n) is 5.67. The van der Waals surface area contributed by atoms with Gasteiger partial charge in [0.15, 0.2) is 0 Å². The van der Waals surface area contributed by atoms with Gasteiger partial charge < -0.3 is 9.84 Å². The molecule has 1 aliphatic rings. The summed E-state index contributed by atoms with van der Waals surface area (Å²) in [5.74, 6) is 0.701. The highest BCUT2D eigenvalue weighted by atomic mass is 16.5. The molecule has 1 aliphatic heterocycles. The lowest BCUT2D eigenvalue weighted by Crippen LogP contribution is -2.47. The van der Waals surface area contributed by atoms with Crippen LogP contribution in [0.25, 0.3) is 0 Å². The molecule has 0 aliphatic carbocycles. The first-order chi connectivity index (χ1) is 9.22. The minimum absolute atomic E-state index is 0.0811. The summed E-state index contributed by atoms with van der Waals surface area (Å²) < 4.78 is 5.74. The van der Waals surface area contributed by atoms with Crippen molar-refractivity contribution < 1.29 is 9.84 Å². The summed E-state index contributed by atoms with van der Waals surface area (Å²) in [6, 6.07) is 10.6. The average Bonchev–Trinajstić information content (AvgIpc) is 2.45. The third-order valence-corrected chi connectivity index (χ3v) is 3.77. The maximum absolute atomic E-state index is 9.57. The lowest BCUT2D eigenvalue weighted by atomic mass is 9.97. The monoisotopic (exact) mass is 263 g/mol. The number of rotatable bonds is 5. The maximum Gasteiger partial charge on any atom is 0.100 e. The van der Waals surface area contributed by atoms with Crippen molar-refractivity contribution in [2.75, 3.05) is 26.3 Å². The third-order valence-electron chi connectivity index (χ3n) is 3.77. The molecule has 3 nitrogen and oxygen atoms in total. The van der Waals surface area contributed by atoms with Crippen LogP contribution in [0.4, 0.5) is 0 Å². The van der Waals surface area contributed by atoms with Crippen molar-refractivity contribution in [2.45, 2.75) is 32.4 Å². The van der Waals surface area contributed by atoms with Gasteiger partial charge >= 0.3 is 0 Å². The zero-order valence-electron chi connectivity index (χ0n) is 12.0. The number of nitrogens with zero attached hydrogens (tertiary/aromatic N) is 1. The van der Waals surface area contributed by atoms with Crippen LogP contribution in [0.5, 0.6) is 0 Å². The maximum atomic E-state index is 9.57. The van der Waals surface area contributed by atoms with Crippen LogP contribution in [-0.2, 0) is 4.74 Å². The Hall–Kier alpha value is -0.900. The first-order valence-electron chi connectivity index (χ1n) is 7.24. The van der Waals surface area contributed by atoms with E-state index in [2.05, 4.69) is 43.0 Å². The van der Waals surface area contributed by atoms with Crippen molar-refractivity contribution in [1.29, 1.82) is 0 Å². The van der Waals surface area contributed by atoms with E-state index in [1.807, 2.05) is 6.07 Å². The number of aliphatic hydroxyl groups excluding tert-OH is 1. The summed E-state index contributed by atoms with van der Waals surface area (Å²) in [7, 11) is 0. The molecule has 0 saturated carbocycles. The summed E-state index contributed by atoms with van der Waals surface area (Å²) in [4.78, 5) is 2.46. The quantitative estimate of drug-likeness (QED) is 0.886. The van der Waals surface area contributed by atoms with Gasteiger partial charge in [0.1, 0.15) is 6.10 Å². The molecule has 1 aromatic rings. The summed E-state index contributed by atoms with van der Waals surface area (Å²) in [5, 5.41) is 9.57. The normalized spacial score (nSPS) is 24.8. The minimum Gasteiger partial charge on any atom is -0.394 e. The molecule has 19 heavy (non-hydrogen) atoms. The van der Waals surface area contributed by atoms with Crippen molar-refractivity contribution in [1.82, 2.24) is 4.90 Å². The van der Waals surface area contributed by atoms with Gasteiger partial charge in [0, 0.05) is 6.54 Å². The number of aliphatic hydroxyl groups is 1. The van der Waals surface area contributed by atoms with Crippen molar-refractivity contribution in [3.8, 4) is 0 Å². The molecule has 2 atom stereocenters. The van der Waals surface area contributed by atoms with Gasteiger partial charge in [0.25, 0.3) is 0 Å². The van der Waals surface area contributed by atoms with E-state index in [4.69, 9.17) is 4.74 Å². The van der Waals surface area contributed by atoms with Gasteiger partial charge in [-0.1, -0.05) is 44.2 Å². The molecule has 1 fully saturated rings. The topological polar surface area (TPSA) is 32.7 Å².